The average molecular weight is 498 g/mol. The van der Waals surface area contributed by atoms with Crippen LogP contribution in [0.25, 0.3) is 0 Å². The van der Waals surface area contributed by atoms with Gasteiger partial charge in [-0.05, 0) is 37.8 Å². The van der Waals surface area contributed by atoms with E-state index in [-0.39, 0.29) is 25.0 Å². The molecule has 7 N–H and O–H groups in total. The number of esters is 1. The van der Waals surface area contributed by atoms with E-state index in [0.29, 0.717) is 5.57 Å². The van der Waals surface area contributed by atoms with Crippen LogP contribution in [0.2, 0.25) is 0 Å². The van der Waals surface area contributed by atoms with Crippen molar-refractivity contribution in [2.45, 2.75) is 102 Å². The zero-order valence-electron chi connectivity index (χ0n) is 21.2. The van der Waals surface area contributed by atoms with Crippen molar-refractivity contribution in [1.29, 1.82) is 0 Å². The van der Waals surface area contributed by atoms with Crippen LogP contribution in [0.5, 0.6) is 0 Å². The van der Waals surface area contributed by atoms with Crippen LogP contribution in [0.3, 0.4) is 0 Å². The van der Waals surface area contributed by atoms with Crippen LogP contribution >= 0.6 is 0 Å². The smallest absolute Gasteiger partial charge is 0.337 e. The maximum atomic E-state index is 14.0. The molecule has 2 saturated carbocycles. The molecule has 0 spiro atoms. The van der Waals surface area contributed by atoms with Crippen molar-refractivity contribution in [3.05, 3.63) is 11.1 Å². The molecule has 1 heterocycles. The summed E-state index contributed by atoms with van der Waals surface area (Å²) in [4.78, 5) is 26.5. The van der Waals surface area contributed by atoms with E-state index in [9.17, 15) is 35.1 Å². The molecule has 4 rings (SSSR count). The van der Waals surface area contributed by atoms with Gasteiger partial charge in [0.05, 0.1) is 29.8 Å². The molecule has 1 aliphatic heterocycles. The largest absolute Gasteiger partial charge is 0.456 e. The lowest BCUT2D eigenvalue weighted by Gasteiger charge is -2.67. The molecule has 10 heteroatoms. The van der Waals surface area contributed by atoms with Crippen LogP contribution < -0.4 is 5.73 Å². The van der Waals surface area contributed by atoms with E-state index in [4.69, 9.17) is 15.2 Å². The van der Waals surface area contributed by atoms with Gasteiger partial charge >= 0.3 is 5.97 Å². The van der Waals surface area contributed by atoms with Gasteiger partial charge in [0.2, 0.25) is 0 Å². The Morgan fingerprint density at radius 2 is 1.83 bits per heavy atom. The highest BCUT2D eigenvalue weighted by Gasteiger charge is 2.74. The van der Waals surface area contributed by atoms with Crippen molar-refractivity contribution in [2.24, 2.45) is 28.4 Å². The number of hydrogen-bond donors (Lipinski definition) is 6. The van der Waals surface area contributed by atoms with E-state index < -0.39 is 82.2 Å². The molecule has 0 aromatic heterocycles. The lowest BCUT2D eigenvalue weighted by atomic mass is 9.43. The number of rotatable bonds is 3. The fourth-order valence-corrected chi connectivity index (χ4v) is 7.54. The third kappa shape index (κ3) is 3.27. The molecule has 3 aliphatic carbocycles. The first-order valence-electron chi connectivity index (χ1n) is 12.3. The molecular weight excluding hydrogens is 458 g/mol. The summed E-state index contributed by atoms with van der Waals surface area (Å²) in [5.74, 6) is -3.36. The number of aliphatic hydroxyl groups is 5. The fourth-order valence-electron chi connectivity index (χ4n) is 7.54. The van der Waals surface area contributed by atoms with Crippen molar-refractivity contribution in [1.82, 2.24) is 0 Å². The summed E-state index contributed by atoms with van der Waals surface area (Å²) in [6.45, 7) is 9.71. The minimum absolute atomic E-state index is 0.0317. The van der Waals surface area contributed by atoms with Crippen LogP contribution in [-0.2, 0) is 19.1 Å². The van der Waals surface area contributed by atoms with E-state index in [1.165, 1.54) is 6.92 Å². The summed E-state index contributed by atoms with van der Waals surface area (Å²) in [7, 11) is 0. The highest BCUT2D eigenvalue weighted by atomic mass is 16.6. The van der Waals surface area contributed by atoms with E-state index in [1.54, 1.807) is 34.6 Å². The summed E-state index contributed by atoms with van der Waals surface area (Å²) in [5, 5.41) is 56.7. The van der Waals surface area contributed by atoms with Gasteiger partial charge in [0.1, 0.15) is 17.8 Å². The molecule has 10 nitrogen and oxygen atoms in total. The quantitative estimate of drug-likeness (QED) is 0.213. The Morgan fingerprint density at radius 1 is 1.23 bits per heavy atom. The second kappa shape index (κ2) is 8.05. The first-order valence-corrected chi connectivity index (χ1v) is 12.3. The van der Waals surface area contributed by atoms with Gasteiger partial charge in [-0.1, -0.05) is 20.8 Å². The summed E-state index contributed by atoms with van der Waals surface area (Å²) in [6.07, 6.45) is -6.32. The Morgan fingerprint density at radius 3 is 2.34 bits per heavy atom. The molecule has 2 bridgehead atoms. The topological polar surface area (TPSA) is 180 Å². The van der Waals surface area contributed by atoms with Crippen molar-refractivity contribution >= 4 is 11.8 Å². The van der Waals surface area contributed by atoms with Gasteiger partial charge in [-0.3, -0.25) is 4.79 Å². The van der Waals surface area contributed by atoms with E-state index in [2.05, 4.69) is 0 Å². The van der Waals surface area contributed by atoms with Crippen molar-refractivity contribution < 1.29 is 44.6 Å². The lowest BCUT2D eigenvalue weighted by molar-refractivity contribution is -0.335. The Labute approximate surface area is 205 Å². The molecule has 35 heavy (non-hydrogen) atoms. The van der Waals surface area contributed by atoms with E-state index >= 15 is 0 Å². The second-order valence-corrected chi connectivity index (χ2v) is 11.9. The summed E-state index contributed by atoms with van der Waals surface area (Å²) in [6, 6.07) is -0.885. The Balaban J connectivity index is 1.90. The zero-order chi connectivity index (χ0) is 26.5. The molecule has 11 atom stereocenters. The molecule has 1 saturated heterocycles. The average Bonchev–Trinajstić information content (AvgIpc) is 2.76. The number of ketones is 1. The lowest BCUT2D eigenvalue weighted by Crippen LogP contribution is -2.78. The Hall–Kier alpha value is -1.40. The van der Waals surface area contributed by atoms with Crippen molar-refractivity contribution in [2.75, 3.05) is 6.61 Å². The van der Waals surface area contributed by atoms with Crippen LogP contribution in [0.4, 0.5) is 0 Å². The summed E-state index contributed by atoms with van der Waals surface area (Å²) < 4.78 is 11.1. The third-order valence-corrected chi connectivity index (χ3v) is 9.85. The minimum Gasteiger partial charge on any atom is -0.456 e. The maximum absolute atomic E-state index is 14.0. The summed E-state index contributed by atoms with van der Waals surface area (Å²) >= 11 is 0. The third-order valence-electron chi connectivity index (χ3n) is 9.85. The molecule has 0 aromatic rings. The van der Waals surface area contributed by atoms with Crippen LogP contribution in [-0.4, -0.2) is 91.7 Å². The highest BCUT2D eigenvalue weighted by Crippen LogP contribution is 2.64. The minimum atomic E-state index is -1.72. The first-order chi connectivity index (χ1) is 16.0. The second-order valence-electron chi connectivity index (χ2n) is 11.9. The molecule has 4 aliphatic rings. The number of carbonyl (C=O) groups excluding carboxylic acids is 2. The van der Waals surface area contributed by atoms with Gasteiger partial charge in [-0.25, -0.2) is 4.79 Å². The molecular formula is C25H39NO9. The molecule has 0 aromatic carbocycles. The van der Waals surface area contributed by atoms with Gasteiger partial charge in [0, 0.05) is 30.2 Å². The Bertz CT molecular complexity index is 963. The predicted molar refractivity (Wildman–Crippen MR) is 123 cm³/mol. The highest BCUT2D eigenvalue weighted by molar-refractivity contribution is 5.93. The number of fused-ring (bicyclic) bond motifs is 5. The van der Waals surface area contributed by atoms with Crippen LogP contribution in [0.15, 0.2) is 11.1 Å². The number of aliphatic hydroxyl groups excluding tert-OH is 3. The van der Waals surface area contributed by atoms with E-state index in [1.807, 2.05) is 0 Å². The molecule has 0 amide bonds. The molecule has 10 unspecified atom stereocenters. The van der Waals surface area contributed by atoms with E-state index in [0.717, 1.165) is 0 Å². The standard InChI is InChI=1S/C25H39NO9/c1-10-13(35-21(31)17(28)12(3)26)8-25(33)11(2)19-23(6,14(27)7-15-24(19,32)9-34-15)20(30)18(29)16(10)22(25,4)5/h11-15,17-19,27-29,32-33H,7-9,26H2,1-6H3/t11?,12?,13?,14?,15?,17?,18?,19?,23-,24?,25?/m1/s1. The number of carbonyl (C=O) groups is 2. The zero-order valence-corrected chi connectivity index (χ0v) is 21.2. The normalized spacial score (nSPS) is 48.5. The number of nitrogens with two attached hydrogens (primary N) is 1. The SMILES string of the molecule is CC1=C2C(O)C(=O)[C@]3(C)C(O)CC4OCC4(O)C3C(C)C(O)(CC1OC(=O)C(O)C(C)N)C2(C)C. The summed E-state index contributed by atoms with van der Waals surface area (Å²) in [5.41, 5.74) is 0.367. The number of Topliss-reactive ketones (excluding diaryl/α,β-unsaturated/α-hetero) is 1. The van der Waals surface area contributed by atoms with Gasteiger partial charge in [0.15, 0.2) is 11.9 Å². The van der Waals surface area contributed by atoms with Gasteiger partial charge in [-0.15, -0.1) is 0 Å². The van der Waals surface area contributed by atoms with Crippen molar-refractivity contribution in [3.8, 4) is 0 Å². The molecule has 0 radical (unpaired) electrons. The van der Waals surface area contributed by atoms with Gasteiger partial charge < -0.3 is 40.7 Å². The predicted octanol–water partition coefficient (Wildman–Crippen LogP) is -0.819. The van der Waals surface area contributed by atoms with Gasteiger partial charge in [0.25, 0.3) is 0 Å². The fraction of sp³-hybridized carbons (Fsp3) is 0.840. The first kappa shape index (κ1) is 26.7. The number of hydrogen-bond acceptors (Lipinski definition) is 10. The number of ether oxygens (including phenoxy) is 2. The van der Waals surface area contributed by atoms with Crippen LogP contribution in [0, 0.1) is 22.7 Å². The maximum Gasteiger partial charge on any atom is 0.337 e. The van der Waals surface area contributed by atoms with Crippen molar-refractivity contribution in [3.63, 3.8) is 0 Å². The monoisotopic (exact) mass is 497 g/mol. The Kier molecular flexibility index (Phi) is 6.13. The van der Waals surface area contributed by atoms with Crippen LogP contribution in [0.1, 0.15) is 54.4 Å². The molecule has 3 fully saturated rings. The van der Waals surface area contributed by atoms with Gasteiger partial charge in [-0.2, -0.15) is 0 Å². The molecule has 198 valence electrons.